The Morgan fingerprint density at radius 1 is 1.17 bits per heavy atom. The number of halogens is 1. The fourth-order valence-electron chi connectivity index (χ4n) is 1.89. The van der Waals surface area contributed by atoms with E-state index in [1.54, 1.807) is 6.07 Å². The van der Waals surface area contributed by atoms with E-state index in [0.717, 1.165) is 11.1 Å². The van der Waals surface area contributed by atoms with Gasteiger partial charge in [0.15, 0.2) is 0 Å². The van der Waals surface area contributed by atoms with Gasteiger partial charge in [0.05, 0.1) is 0 Å². The monoisotopic (exact) mass is 162 g/mol. The van der Waals surface area contributed by atoms with Crippen molar-refractivity contribution in [3.63, 3.8) is 0 Å². The zero-order valence-electron chi connectivity index (χ0n) is 6.33. The Labute approximate surface area is 69.5 Å². The van der Waals surface area contributed by atoms with Gasteiger partial charge in [-0.3, -0.25) is 0 Å². The summed E-state index contributed by atoms with van der Waals surface area (Å²) in [6.45, 7) is 0. The first-order valence-electron chi connectivity index (χ1n) is 3.98. The highest BCUT2D eigenvalue weighted by atomic mass is 19.1. The Balaban J connectivity index is 2.30. The molecule has 2 heteroatoms. The van der Waals surface area contributed by atoms with E-state index in [9.17, 15) is 4.39 Å². The molecule has 3 rings (SSSR count). The minimum absolute atomic E-state index is 0.000648. The maximum Gasteiger partial charge on any atom is 0.129 e. The van der Waals surface area contributed by atoms with Gasteiger partial charge in [0.1, 0.15) is 18.0 Å². The zero-order chi connectivity index (χ0) is 8.13. The summed E-state index contributed by atoms with van der Waals surface area (Å²) in [7, 11) is 0. The van der Waals surface area contributed by atoms with Crippen LogP contribution in [-0.2, 0) is 4.74 Å². The first kappa shape index (κ1) is 6.38. The van der Waals surface area contributed by atoms with Crippen molar-refractivity contribution in [2.45, 2.75) is 12.2 Å². The van der Waals surface area contributed by atoms with Crippen molar-refractivity contribution in [2.24, 2.45) is 0 Å². The highest BCUT2D eigenvalue weighted by molar-refractivity contribution is 5.43. The van der Waals surface area contributed by atoms with Crippen molar-refractivity contribution in [1.29, 1.82) is 0 Å². The molecule has 1 aromatic carbocycles. The summed E-state index contributed by atoms with van der Waals surface area (Å²) < 4.78 is 18.7. The molecule has 0 aromatic heterocycles. The summed E-state index contributed by atoms with van der Waals surface area (Å²) in [4.78, 5) is 0. The molecule has 1 nitrogen and oxygen atoms in total. The number of fused-ring (bicyclic) bond motifs is 5. The van der Waals surface area contributed by atoms with Crippen molar-refractivity contribution < 1.29 is 9.13 Å². The first-order chi connectivity index (χ1) is 5.86. The molecular formula is C10H7FO. The Morgan fingerprint density at radius 2 is 2.00 bits per heavy atom. The van der Waals surface area contributed by atoms with Crippen LogP contribution in [0.15, 0.2) is 30.4 Å². The molecule has 0 saturated heterocycles. The molecule has 0 N–H and O–H groups in total. The molecule has 2 unspecified atom stereocenters. The van der Waals surface area contributed by atoms with E-state index in [1.165, 1.54) is 6.07 Å². The minimum Gasteiger partial charge on any atom is -0.357 e. The summed E-state index contributed by atoms with van der Waals surface area (Å²) in [6.07, 6.45) is 3.76. The van der Waals surface area contributed by atoms with E-state index >= 15 is 0 Å². The fraction of sp³-hybridized carbons (Fsp3) is 0.200. The lowest BCUT2D eigenvalue weighted by Crippen LogP contribution is -1.95. The molecule has 2 aliphatic rings. The van der Waals surface area contributed by atoms with Gasteiger partial charge < -0.3 is 4.74 Å². The van der Waals surface area contributed by atoms with Gasteiger partial charge in [0.25, 0.3) is 0 Å². The van der Waals surface area contributed by atoms with E-state index in [0.29, 0.717) is 0 Å². The standard InChI is InChI=1S/C10H7FO/c11-7-3-1-2-6-8-4-5-9(12-8)10(6)7/h1-5,8-9H. The van der Waals surface area contributed by atoms with Gasteiger partial charge >= 0.3 is 0 Å². The Kier molecular flexibility index (Phi) is 1.04. The zero-order valence-corrected chi connectivity index (χ0v) is 6.33. The van der Waals surface area contributed by atoms with Gasteiger partial charge in [-0.1, -0.05) is 24.3 Å². The Hall–Kier alpha value is -1.15. The van der Waals surface area contributed by atoms with Crippen molar-refractivity contribution in [1.82, 2.24) is 0 Å². The number of ether oxygens (including phenoxy) is 1. The second-order valence-corrected chi connectivity index (χ2v) is 3.10. The molecule has 12 heavy (non-hydrogen) atoms. The van der Waals surface area contributed by atoms with E-state index in [4.69, 9.17) is 4.74 Å². The maximum atomic E-state index is 13.2. The summed E-state index contributed by atoms with van der Waals surface area (Å²) in [5.74, 6) is -0.149. The number of hydrogen-bond acceptors (Lipinski definition) is 1. The largest absolute Gasteiger partial charge is 0.357 e. The average molecular weight is 162 g/mol. The molecule has 0 aliphatic carbocycles. The summed E-state index contributed by atoms with van der Waals surface area (Å²) in [5, 5.41) is 0. The molecule has 0 spiro atoms. The van der Waals surface area contributed by atoms with Gasteiger partial charge in [-0.2, -0.15) is 0 Å². The third kappa shape index (κ3) is 0.612. The average Bonchev–Trinajstić information content (AvgIpc) is 2.64. The predicted molar refractivity (Wildman–Crippen MR) is 42.1 cm³/mol. The van der Waals surface area contributed by atoms with Gasteiger partial charge in [-0.15, -0.1) is 0 Å². The van der Waals surface area contributed by atoms with E-state index < -0.39 is 0 Å². The molecule has 2 bridgehead atoms. The quantitative estimate of drug-likeness (QED) is 0.532. The van der Waals surface area contributed by atoms with Crippen LogP contribution in [0.4, 0.5) is 4.39 Å². The highest BCUT2D eigenvalue weighted by Crippen LogP contribution is 2.46. The van der Waals surface area contributed by atoms with Crippen LogP contribution < -0.4 is 0 Å². The number of rotatable bonds is 0. The lowest BCUT2D eigenvalue weighted by atomic mass is 9.97. The lowest BCUT2D eigenvalue weighted by Gasteiger charge is -2.06. The Morgan fingerprint density at radius 3 is 2.83 bits per heavy atom. The number of benzene rings is 1. The maximum absolute atomic E-state index is 13.2. The van der Waals surface area contributed by atoms with E-state index in [-0.39, 0.29) is 18.0 Å². The van der Waals surface area contributed by atoms with Crippen LogP contribution in [0.25, 0.3) is 0 Å². The van der Waals surface area contributed by atoms with Crippen molar-refractivity contribution in [3.05, 3.63) is 47.3 Å². The van der Waals surface area contributed by atoms with Gasteiger partial charge in [-0.05, 0) is 11.6 Å². The van der Waals surface area contributed by atoms with Gasteiger partial charge in [0.2, 0.25) is 0 Å². The first-order valence-corrected chi connectivity index (χ1v) is 3.98. The number of hydrogen-bond donors (Lipinski definition) is 0. The van der Waals surface area contributed by atoms with E-state index in [1.807, 2.05) is 18.2 Å². The van der Waals surface area contributed by atoms with Crippen molar-refractivity contribution in [2.75, 3.05) is 0 Å². The molecule has 0 radical (unpaired) electrons. The Bertz CT molecular complexity index is 370. The van der Waals surface area contributed by atoms with Crippen LogP contribution in [-0.4, -0.2) is 0 Å². The summed E-state index contributed by atoms with van der Waals surface area (Å²) in [6, 6.07) is 5.13. The molecule has 0 saturated carbocycles. The smallest absolute Gasteiger partial charge is 0.129 e. The second kappa shape index (κ2) is 1.96. The highest BCUT2D eigenvalue weighted by Gasteiger charge is 2.35. The van der Waals surface area contributed by atoms with Crippen molar-refractivity contribution >= 4 is 0 Å². The van der Waals surface area contributed by atoms with Crippen molar-refractivity contribution in [3.8, 4) is 0 Å². The molecule has 2 aliphatic heterocycles. The summed E-state index contributed by atoms with van der Waals surface area (Å²) in [5.41, 5.74) is 1.72. The second-order valence-electron chi connectivity index (χ2n) is 3.10. The molecule has 0 amide bonds. The normalized spacial score (nSPS) is 29.4. The molecule has 1 aromatic rings. The third-order valence-corrected chi connectivity index (χ3v) is 2.43. The predicted octanol–water partition coefficient (Wildman–Crippen LogP) is 2.51. The fourth-order valence-corrected chi connectivity index (χ4v) is 1.89. The molecule has 0 fully saturated rings. The molecular weight excluding hydrogens is 155 g/mol. The molecule has 60 valence electrons. The minimum atomic E-state index is -0.149. The van der Waals surface area contributed by atoms with Crippen LogP contribution in [0.2, 0.25) is 0 Å². The van der Waals surface area contributed by atoms with E-state index in [2.05, 4.69) is 0 Å². The SMILES string of the molecule is Fc1cccc2c1C1C=CC2O1. The van der Waals surface area contributed by atoms with Crippen LogP contribution in [0.5, 0.6) is 0 Å². The topological polar surface area (TPSA) is 9.23 Å². The summed E-state index contributed by atoms with van der Waals surface area (Å²) >= 11 is 0. The van der Waals surface area contributed by atoms with Gasteiger partial charge in [0, 0.05) is 5.56 Å². The van der Waals surface area contributed by atoms with Crippen LogP contribution in [0, 0.1) is 5.82 Å². The molecule has 2 heterocycles. The van der Waals surface area contributed by atoms with Crippen LogP contribution in [0.1, 0.15) is 23.3 Å². The third-order valence-electron chi connectivity index (χ3n) is 2.43. The molecule has 2 atom stereocenters. The van der Waals surface area contributed by atoms with Crippen LogP contribution in [0.3, 0.4) is 0 Å². The lowest BCUT2D eigenvalue weighted by molar-refractivity contribution is 0.0867. The van der Waals surface area contributed by atoms with Gasteiger partial charge in [-0.25, -0.2) is 4.39 Å². The van der Waals surface area contributed by atoms with Crippen LogP contribution >= 0.6 is 0 Å².